The summed E-state index contributed by atoms with van der Waals surface area (Å²) in [6, 6.07) is 3.60. The first-order valence-electron chi connectivity index (χ1n) is 6.60. The number of rotatable bonds is 4. The van der Waals surface area contributed by atoms with E-state index in [-0.39, 0.29) is 33.0 Å². The van der Waals surface area contributed by atoms with Crippen LogP contribution in [-0.4, -0.2) is 28.9 Å². The van der Waals surface area contributed by atoms with E-state index >= 15 is 0 Å². The molecule has 126 valence electrons. The van der Waals surface area contributed by atoms with Gasteiger partial charge >= 0.3 is 0 Å². The molecular formula is C13H12FN5O3S2. The summed E-state index contributed by atoms with van der Waals surface area (Å²) in [7, 11) is -2.31. The molecule has 0 saturated carbocycles. The van der Waals surface area contributed by atoms with E-state index in [1.165, 1.54) is 14.0 Å². The largest absolute Gasteiger partial charge is 0.285 e. The Bertz CT molecular complexity index is 1070. The second kappa shape index (κ2) is 6.50. The summed E-state index contributed by atoms with van der Waals surface area (Å²) in [5.74, 6) is -1.12. The molecule has 0 spiro atoms. The first-order valence-corrected chi connectivity index (χ1v) is 8.66. The monoisotopic (exact) mass is 369 g/mol. The number of nitriles is 1. The Morgan fingerprint density at radius 1 is 1.50 bits per heavy atom. The van der Waals surface area contributed by atoms with Crippen molar-refractivity contribution in [1.29, 1.82) is 5.26 Å². The van der Waals surface area contributed by atoms with Crippen LogP contribution in [-0.2, 0) is 17.1 Å². The van der Waals surface area contributed by atoms with Crippen molar-refractivity contribution in [3.05, 3.63) is 38.6 Å². The summed E-state index contributed by atoms with van der Waals surface area (Å²) in [6.07, 6.45) is 0. The molecule has 0 fully saturated rings. The van der Waals surface area contributed by atoms with Crippen molar-refractivity contribution in [2.24, 2.45) is 7.05 Å². The number of aromatic amines is 1. The van der Waals surface area contributed by atoms with E-state index in [4.69, 9.17) is 17.5 Å². The van der Waals surface area contributed by atoms with E-state index in [9.17, 15) is 17.6 Å². The topological polar surface area (TPSA) is 121 Å². The molecule has 0 bridgehead atoms. The third kappa shape index (κ3) is 3.34. The van der Waals surface area contributed by atoms with Gasteiger partial charge in [0, 0.05) is 12.6 Å². The molecule has 24 heavy (non-hydrogen) atoms. The fourth-order valence-corrected chi connectivity index (χ4v) is 2.60. The maximum Gasteiger partial charge on any atom is 0.280 e. The Kier molecular flexibility index (Phi) is 4.81. The van der Waals surface area contributed by atoms with Gasteiger partial charge in [-0.3, -0.25) is 19.2 Å². The van der Waals surface area contributed by atoms with Gasteiger partial charge in [0.05, 0.1) is 17.0 Å². The molecule has 0 saturated heterocycles. The van der Waals surface area contributed by atoms with E-state index in [2.05, 4.69) is 14.9 Å². The van der Waals surface area contributed by atoms with Gasteiger partial charge in [-0.05, 0) is 31.3 Å². The van der Waals surface area contributed by atoms with Crippen molar-refractivity contribution in [1.82, 2.24) is 14.8 Å². The molecule has 0 aliphatic rings. The summed E-state index contributed by atoms with van der Waals surface area (Å²) in [5, 5.41) is 15.2. The molecule has 1 aromatic heterocycles. The second-order valence-corrected chi connectivity index (χ2v) is 7.13. The lowest BCUT2D eigenvalue weighted by atomic mass is 10.1. The van der Waals surface area contributed by atoms with E-state index < -0.39 is 21.4 Å². The third-order valence-corrected chi connectivity index (χ3v) is 4.86. The molecule has 0 unspecified atom stereocenters. The summed E-state index contributed by atoms with van der Waals surface area (Å²) in [5.41, 5.74) is -1.55. The van der Waals surface area contributed by atoms with E-state index in [0.717, 1.165) is 16.7 Å². The zero-order valence-electron chi connectivity index (χ0n) is 12.6. The number of nitrogens with zero attached hydrogens (tertiary/aromatic N) is 3. The van der Waals surface area contributed by atoms with Gasteiger partial charge in [-0.25, -0.2) is 12.8 Å². The number of halogens is 1. The maximum atomic E-state index is 14.3. The minimum atomic E-state index is -3.69. The normalized spacial score (nSPS) is 11.1. The zero-order chi connectivity index (χ0) is 18.1. The van der Waals surface area contributed by atoms with Crippen LogP contribution >= 0.6 is 12.2 Å². The van der Waals surface area contributed by atoms with Gasteiger partial charge in [0.15, 0.2) is 10.5 Å². The van der Waals surface area contributed by atoms with Crippen LogP contribution in [0.15, 0.2) is 16.9 Å². The maximum absolute atomic E-state index is 14.3. The van der Waals surface area contributed by atoms with Gasteiger partial charge < -0.3 is 0 Å². The molecule has 2 aromatic rings. The number of H-pyrrole nitrogens is 1. The van der Waals surface area contributed by atoms with Crippen LogP contribution in [0.4, 0.5) is 10.1 Å². The summed E-state index contributed by atoms with van der Waals surface area (Å²) < 4.78 is 41.0. The van der Waals surface area contributed by atoms with E-state index in [1.54, 1.807) is 6.07 Å². The number of anilines is 1. The van der Waals surface area contributed by atoms with Gasteiger partial charge in [-0.15, -0.1) is 0 Å². The fourth-order valence-electron chi connectivity index (χ4n) is 1.82. The lowest BCUT2D eigenvalue weighted by Gasteiger charge is -2.11. The predicted molar refractivity (Wildman–Crippen MR) is 87.9 cm³/mol. The van der Waals surface area contributed by atoms with Crippen LogP contribution < -0.4 is 10.3 Å². The van der Waals surface area contributed by atoms with Crippen molar-refractivity contribution in [3.63, 3.8) is 0 Å². The number of hydrogen-bond donors (Lipinski definition) is 2. The Balaban J connectivity index is 2.74. The minimum Gasteiger partial charge on any atom is -0.285 e. The highest BCUT2D eigenvalue weighted by Gasteiger charge is 2.19. The molecule has 0 aliphatic carbocycles. The Morgan fingerprint density at radius 3 is 2.75 bits per heavy atom. The molecule has 1 aromatic carbocycles. The van der Waals surface area contributed by atoms with Gasteiger partial charge in [0.25, 0.3) is 5.56 Å². The number of benzene rings is 1. The first kappa shape index (κ1) is 17.8. The van der Waals surface area contributed by atoms with E-state index in [1.807, 2.05) is 0 Å². The van der Waals surface area contributed by atoms with Crippen LogP contribution in [0.25, 0.3) is 11.3 Å². The first-order chi connectivity index (χ1) is 11.2. The highest BCUT2D eigenvalue weighted by molar-refractivity contribution is 7.92. The molecule has 0 aliphatic heterocycles. The van der Waals surface area contributed by atoms with Crippen LogP contribution in [0.2, 0.25) is 0 Å². The second-order valence-electron chi connectivity index (χ2n) is 4.74. The molecular weight excluding hydrogens is 357 g/mol. The van der Waals surface area contributed by atoms with Gasteiger partial charge in [0.1, 0.15) is 11.9 Å². The van der Waals surface area contributed by atoms with Gasteiger partial charge in [-0.2, -0.15) is 10.4 Å². The van der Waals surface area contributed by atoms with E-state index in [0.29, 0.717) is 0 Å². The molecule has 2 N–H and O–H groups in total. The van der Waals surface area contributed by atoms with Crippen LogP contribution in [0.3, 0.4) is 0 Å². The molecule has 2 rings (SSSR count). The van der Waals surface area contributed by atoms with Gasteiger partial charge in [-0.1, -0.05) is 0 Å². The highest BCUT2D eigenvalue weighted by atomic mass is 32.2. The minimum absolute atomic E-state index is 0.0460. The van der Waals surface area contributed by atoms with Crippen LogP contribution in [0.1, 0.15) is 12.5 Å². The summed E-state index contributed by atoms with van der Waals surface area (Å²) in [4.78, 5) is 12.2. The molecule has 0 atom stereocenters. The van der Waals surface area contributed by atoms with Gasteiger partial charge in [0.2, 0.25) is 10.0 Å². The van der Waals surface area contributed by atoms with Crippen LogP contribution in [0.5, 0.6) is 0 Å². The Hall–Kier alpha value is -2.58. The Labute approximate surface area is 141 Å². The molecule has 1 heterocycles. The molecule has 0 radical (unpaired) electrons. The third-order valence-electron chi connectivity index (χ3n) is 3.20. The average Bonchev–Trinajstić information content (AvgIpc) is 2.54. The molecule has 11 heteroatoms. The van der Waals surface area contributed by atoms with Crippen molar-refractivity contribution >= 4 is 27.9 Å². The fraction of sp³-hybridized carbons (Fsp3) is 0.231. The number of sulfonamides is 1. The summed E-state index contributed by atoms with van der Waals surface area (Å²) in [6.45, 7) is 1.41. The number of aromatic nitrogens is 3. The van der Waals surface area contributed by atoms with Crippen molar-refractivity contribution in [2.45, 2.75) is 6.92 Å². The number of hydrogen-bond acceptors (Lipinski definition) is 6. The molecule has 0 amide bonds. The smallest absolute Gasteiger partial charge is 0.280 e. The lowest BCUT2D eigenvalue weighted by Crippen LogP contribution is -2.23. The lowest BCUT2D eigenvalue weighted by molar-refractivity contribution is 0.602. The highest BCUT2D eigenvalue weighted by Crippen LogP contribution is 2.26. The van der Waals surface area contributed by atoms with Crippen molar-refractivity contribution in [3.8, 4) is 17.3 Å². The predicted octanol–water partition coefficient (Wildman–Crippen LogP) is 1.28. The zero-order valence-corrected chi connectivity index (χ0v) is 14.3. The summed E-state index contributed by atoms with van der Waals surface area (Å²) >= 11 is 4.85. The quantitative estimate of drug-likeness (QED) is 0.783. The SMILES string of the molecule is CCS(=O)(=O)Nc1cc(-c2n[nH]c(=S)n(C)c2=O)c(F)cc1C#N. The average molecular weight is 369 g/mol. The Morgan fingerprint density at radius 2 is 2.17 bits per heavy atom. The molecule has 8 nitrogen and oxygen atoms in total. The number of nitrogens with one attached hydrogen (secondary N) is 2. The standard InChI is InChI=1S/C13H12FN5O3S2/c1-3-24(21,22)18-10-5-8(9(14)4-7(10)6-15)11-12(20)19(2)13(23)17-16-11/h4-5,18H,3H2,1-2H3,(H,17,23). The van der Waals surface area contributed by atoms with Crippen molar-refractivity contribution < 1.29 is 12.8 Å². The van der Waals surface area contributed by atoms with Crippen LogP contribution in [0, 0.1) is 21.9 Å². The van der Waals surface area contributed by atoms with Crippen molar-refractivity contribution in [2.75, 3.05) is 10.5 Å².